The predicted octanol–water partition coefficient (Wildman–Crippen LogP) is 2.32. The number of hydrogen-bond donors (Lipinski definition) is 1. The first-order valence-electron chi connectivity index (χ1n) is 5.69. The molecule has 0 amide bonds. The molecule has 1 heterocycles. The SMILES string of the molecule is CS(=O)(=O)c1ccc(C2CCCNC2)cc1Br. The fraction of sp³-hybridized carbons (Fsp3) is 0.500. The van der Waals surface area contributed by atoms with Gasteiger partial charge in [-0.25, -0.2) is 8.42 Å². The number of piperidine rings is 1. The maximum atomic E-state index is 11.5. The summed E-state index contributed by atoms with van der Waals surface area (Å²) in [5.41, 5.74) is 1.21. The van der Waals surface area contributed by atoms with Gasteiger partial charge in [-0.2, -0.15) is 0 Å². The second-order valence-electron chi connectivity index (χ2n) is 4.51. The number of sulfone groups is 1. The van der Waals surface area contributed by atoms with E-state index < -0.39 is 9.84 Å². The Balaban J connectivity index is 2.30. The normalized spacial score (nSPS) is 21.4. The molecule has 17 heavy (non-hydrogen) atoms. The van der Waals surface area contributed by atoms with Crippen LogP contribution in [0.4, 0.5) is 0 Å². The predicted molar refractivity (Wildman–Crippen MR) is 72.1 cm³/mol. The molecule has 2 rings (SSSR count). The van der Waals surface area contributed by atoms with E-state index in [0.29, 0.717) is 15.3 Å². The molecule has 5 heteroatoms. The van der Waals surface area contributed by atoms with Crippen LogP contribution in [0.25, 0.3) is 0 Å². The van der Waals surface area contributed by atoms with Crippen molar-refractivity contribution in [2.24, 2.45) is 0 Å². The van der Waals surface area contributed by atoms with Crippen molar-refractivity contribution in [1.29, 1.82) is 0 Å². The van der Waals surface area contributed by atoms with Gasteiger partial charge in [0.2, 0.25) is 0 Å². The minimum Gasteiger partial charge on any atom is -0.316 e. The van der Waals surface area contributed by atoms with Crippen LogP contribution in [0.15, 0.2) is 27.6 Å². The van der Waals surface area contributed by atoms with E-state index in [9.17, 15) is 8.42 Å². The molecule has 1 aromatic rings. The minimum absolute atomic E-state index is 0.366. The molecule has 0 bridgehead atoms. The first kappa shape index (κ1) is 13.1. The van der Waals surface area contributed by atoms with Crippen molar-refractivity contribution in [3.8, 4) is 0 Å². The minimum atomic E-state index is -3.14. The first-order valence-corrected chi connectivity index (χ1v) is 8.37. The van der Waals surface area contributed by atoms with E-state index in [-0.39, 0.29) is 0 Å². The van der Waals surface area contributed by atoms with Crippen molar-refractivity contribution in [2.45, 2.75) is 23.7 Å². The van der Waals surface area contributed by atoms with Gasteiger partial charge in [-0.1, -0.05) is 6.07 Å². The third-order valence-corrected chi connectivity index (χ3v) is 5.20. The molecule has 1 N–H and O–H groups in total. The Morgan fingerprint density at radius 3 is 2.71 bits per heavy atom. The summed E-state index contributed by atoms with van der Waals surface area (Å²) in [7, 11) is -3.14. The number of nitrogens with one attached hydrogen (secondary N) is 1. The highest BCUT2D eigenvalue weighted by molar-refractivity contribution is 9.10. The summed E-state index contributed by atoms with van der Waals surface area (Å²) in [6, 6.07) is 5.57. The Labute approximate surface area is 111 Å². The van der Waals surface area contributed by atoms with E-state index in [0.717, 1.165) is 19.5 Å². The van der Waals surface area contributed by atoms with Gasteiger partial charge >= 0.3 is 0 Å². The molecule has 1 saturated heterocycles. The van der Waals surface area contributed by atoms with Crippen LogP contribution in [0.5, 0.6) is 0 Å². The Kier molecular flexibility index (Phi) is 3.90. The van der Waals surface area contributed by atoms with E-state index in [1.165, 1.54) is 18.2 Å². The summed E-state index contributed by atoms with van der Waals surface area (Å²) in [5.74, 6) is 0.494. The molecule has 0 aliphatic carbocycles. The Morgan fingerprint density at radius 1 is 1.41 bits per heavy atom. The van der Waals surface area contributed by atoms with E-state index in [1.807, 2.05) is 12.1 Å². The highest BCUT2D eigenvalue weighted by Crippen LogP contribution is 2.29. The molecule has 94 valence electrons. The summed E-state index contributed by atoms with van der Waals surface area (Å²) in [6.07, 6.45) is 3.57. The van der Waals surface area contributed by atoms with Crippen LogP contribution in [0, 0.1) is 0 Å². The summed E-state index contributed by atoms with van der Waals surface area (Å²) < 4.78 is 23.7. The average Bonchev–Trinajstić information content (AvgIpc) is 2.28. The third-order valence-electron chi connectivity index (χ3n) is 3.12. The van der Waals surface area contributed by atoms with E-state index in [1.54, 1.807) is 6.07 Å². The molecule has 1 aliphatic rings. The van der Waals surface area contributed by atoms with Crippen LogP contribution >= 0.6 is 15.9 Å². The van der Waals surface area contributed by atoms with Gasteiger partial charge in [0.05, 0.1) is 4.90 Å². The third kappa shape index (κ3) is 3.09. The summed E-state index contributed by atoms with van der Waals surface area (Å²) in [5, 5.41) is 3.36. The summed E-state index contributed by atoms with van der Waals surface area (Å²) in [6.45, 7) is 2.06. The van der Waals surface area contributed by atoms with Gasteiger partial charge in [-0.3, -0.25) is 0 Å². The highest BCUT2D eigenvalue weighted by Gasteiger charge is 2.18. The second kappa shape index (κ2) is 5.08. The van der Waals surface area contributed by atoms with E-state index >= 15 is 0 Å². The fourth-order valence-corrected chi connectivity index (χ4v) is 4.22. The van der Waals surface area contributed by atoms with Crippen molar-refractivity contribution >= 4 is 25.8 Å². The molecule has 0 spiro atoms. The average molecular weight is 318 g/mol. The standard InChI is InChI=1S/C12H16BrNO2S/c1-17(15,16)12-5-4-9(7-11(12)13)10-3-2-6-14-8-10/h4-5,7,10,14H,2-3,6,8H2,1H3. The largest absolute Gasteiger partial charge is 0.316 e. The zero-order valence-electron chi connectivity index (χ0n) is 9.74. The zero-order chi connectivity index (χ0) is 12.5. The van der Waals surface area contributed by atoms with Crippen LogP contribution in [0.2, 0.25) is 0 Å². The first-order chi connectivity index (χ1) is 7.98. The van der Waals surface area contributed by atoms with Gasteiger partial charge in [0.25, 0.3) is 0 Å². The quantitative estimate of drug-likeness (QED) is 0.910. The number of halogens is 1. The molecule has 1 aliphatic heterocycles. The zero-order valence-corrected chi connectivity index (χ0v) is 12.1. The van der Waals surface area contributed by atoms with Crippen LogP contribution in [0.1, 0.15) is 24.3 Å². The smallest absolute Gasteiger partial charge is 0.176 e. The number of hydrogen-bond acceptors (Lipinski definition) is 3. The van der Waals surface area contributed by atoms with Crippen molar-refractivity contribution in [2.75, 3.05) is 19.3 Å². The van der Waals surface area contributed by atoms with Gasteiger partial charge in [0.1, 0.15) is 0 Å². The van der Waals surface area contributed by atoms with Crippen molar-refractivity contribution in [1.82, 2.24) is 5.32 Å². The van der Waals surface area contributed by atoms with Crippen LogP contribution in [0.3, 0.4) is 0 Å². The molecule has 1 fully saturated rings. The van der Waals surface area contributed by atoms with Gasteiger partial charge < -0.3 is 5.32 Å². The van der Waals surface area contributed by atoms with Crippen LogP contribution < -0.4 is 5.32 Å². The molecule has 0 aromatic heterocycles. The Bertz CT molecular complexity index is 507. The van der Waals surface area contributed by atoms with E-state index in [4.69, 9.17) is 0 Å². The van der Waals surface area contributed by atoms with Gasteiger partial charge in [-0.05, 0) is 58.9 Å². The molecular formula is C12H16BrNO2S. The molecule has 0 radical (unpaired) electrons. The lowest BCUT2D eigenvalue weighted by Gasteiger charge is -2.23. The maximum absolute atomic E-state index is 11.5. The second-order valence-corrected chi connectivity index (χ2v) is 7.34. The lowest BCUT2D eigenvalue weighted by atomic mass is 9.92. The van der Waals surface area contributed by atoms with Crippen LogP contribution in [-0.4, -0.2) is 27.8 Å². The lowest BCUT2D eigenvalue weighted by Crippen LogP contribution is -2.28. The molecule has 0 saturated carbocycles. The van der Waals surface area contributed by atoms with Gasteiger partial charge in [0, 0.05) is 17.3 Å². The van der Waals surface area contributed by atoms with E-state index in [2.05, 4.69) is 21.2 Å². The molecular weight excluding hydrogens is 302 g/mol. The molecule has 1 aromatic carbocycles. The number of benzene rings is 1. The monoisotopic (exact) mass is 317 g/mol. The highest BCUT2D eigenvalue weighted by atomic mass is 79.9. The molecule has 3 nitrogen and oxygen atoms in total. The topological polar surface area (TPSA) is 46.2 Å². The fourth-order valence-electron chi connectivity index (χ4n) is 2.21. The Hall–Kier alpha value is -0.390. The molecule has 1 unspecified atom stereocenters. The van der Waals surface area contributed by atoms with Gasteiger partial charge in [0.15, 0.2) is 9.84 Å². The van der Waals surface area contributed by atoms with Gasteiger partial charge in [-0.15, -0.1) is 0 Å². The van der Waals surface area contributed by atoms with Crippen molar-refractivity contribution in [3.63, 3.8) is 0 Å². The lowest BCUT2D eigenvalue weighted by molar-refractivity contribution is 0.461. The number of rotatable bonds is 2. The van der Waals surface area contributed by atoms with Crippen molar-refractivity contribution in [3.05, 3.63) is 28.2 Å². The summed E-state index contributed by atoms with van der Waals surface area (Å²) >= 11 is 3.35. The Morgan fingerprint density at radius 2 is 2.18 bits per heavy atom. The van der Waals surface area contributed by atoms with Crippen molar-refractivity contribution < 1.29 is 8.42 Å². The summed E-state index contributed by atoms with van der Waals surface area (Å²) in [4.78, 5) is 0.366. The molecule has 1 atom stereocenters. The van der Waals surface area contributed by atoms with Crippen LogP contribution in [-0.2, 0) is 9.84 Å². The maximum Gasteiger partial charge on any atom is 0.176 e.